The third-order valence-electron chi connectivity index (χ3n) is 7.93. The van der Waals surface area contributed by atoms with Gasteiger partial charge in [0, 0.05) is 43.6 Å². The molecule has 4 heterocycles. The number of aromatic nitrogens is 4. The number of rotatable bonds is 6. The summed E-state index contributed by atoms with van der Waals surface area (Å²) >= 11 is 3.46. The number of esters is 2. The highest BCUT2D eigenvalue weighted by Crippen LogP contribution is 2.45. The summed E-state index contributed by atoms with van der Waals surface area (Å²) in [4.78, 5) is 27.1. The van der Waals surface area contributed by atoms with Crippen LogP contribution in [0.15, 0.2) is 119 Å². The molecule has 0 radical (unpaired) electrons. The first-order chi connectivity index (χ1) is 23.6. The highest BCUT2D eigenvalue weighted by atomic mass is 32.2. The van der Waals surface area contributed by atoms with Crippen LogP contribution < -0.4 is 0 Å². The van der Waals surface area contributed by atoms with E-state index in [0.29, 0.717) is 36.1 Å². The Labute approximate surface area is 287 Å². The molecule has 0 spiro atoms. The summed E-state index contributed by atoms with van der Waals surface area (Å²) < 4.78 is 14.1. The van der Waals surface area contributed by atoms with Gasteiger partial charge in [0.15, 0.2) is 11.4 Å². The molecule has 0 unspecified atom stereocenters. The zero-order valence-electron chi connectivity index (χ0n) is 26.5. The molecule has 240 valence electrons. The molecular weight excluding hydrogens is 641 g/mol. The van der Waals surface area contributed by atoms with Crippen molar-refractivity contribution in [2.75, 3.05) is 13.2 Å². The largest absolute Gasteiger partial charge is 0.461 e. The van der Waals surface area contributed by atoms with Gasteiger partial charge in [0.05, 0.1) is 36.0 Å². The van der Waals surface area contributed by atoms with Crippen LogP contribution in [0.1, 0.15) is 46.0 Å². The van der Waals surface area contributed by atoms with E-state index in [0.717, 1.165) is 45.0 Å². The smallest absolute Gasteiger partial charge is 0.359 e. The lowest BCUT2D eigenvalue weighted by atomic mass is 10.1. The summed E-state index contributed by atoms with van der Waals surface area (Å²) in [6, 6.07) is 36.3. The van der Waals surface area contributed by atoms with Gasteiger partial charge in [-0.1, -0.05) is 72.8 Å². The van der Waals surface area contributed by atoms with Crippen molar-refractivity contribution in [1.29, 1.82) is 0 Å². The van der Waals surface area contributed by atoms with Crippen molar-refractivity contribution in [3.63, 3.8) is 0 Å². The molecule has 48 heavy (non-hydrogen) atoms. The number of fused-ring (bicyclic) bond motifs is 6. The second-order valence-corrected chi connectivity index (χ2v) is 12.9. The maximum atomic E-state index is 12.4. The molecule has 8 rings (SSSR count). The molecule has 0 saturated heterocycles. The average Bonchev–Trinajstić information content (AvgIpc) is 3.73. The van der Waals surface area contributed by atoms with Crippen LogP contribution >= 0.6 is 23.5 Å². The first kappa shape index (κ1) is 31.5. The van der Waals surface area contributed by atoms with Crippen LogP contribution in [-0.2, 0) is 21.0 Å². The monoisotopic (exact) mass is 672 g/mol. The molecular formula is C38H32N4O4S2. The van der Waals surface area contributed by atoms with E-state index in [4.69, 9.17) is 9.47 Å². The quantitative estimate of drug-likeness (QED) is 0.163. The van der Waals surface area contributed by atoms with Crippen molar-refractivity contribution in [3.05, 3.63) is 132 Å². The highest BCUT2D eigenvalue weighted by molar-refractivity contribution is 7.99. The average molecular weight is 673 g/mol. The molecule has 2 aliphatic heterocycles. The van der Waals surface area contributed by atoms with Gasteiger partial charge in [-0.3, -0.25) is 0 Å². The molecule has 2 aliphatic rings. The van der Waals surface area contributed by atoms with Gasteiger partial charge in [0.1, 0.15) is 0 Å². The van der Waals surface area contributed by atoms with E-state index >= 15 is 0 Å². The number of carbonyl (C=O) groups is 2. The Balaban J connectivity index is 0.000000152. The van der Waals surface area contributed by atoms with Crippen molar-refractivity contribution in [1.82, 2.24) is 19.6 Å². The first-order valence-electron chi connectivity index (χ1n) is 15.7. The summed E-state index contributed by atoms with van der Waals surface area (Å²) in [5, 5.41) is 9.22. The van der Waals surface area contributed by atoms with Crippen LogP contribution in [-0.4, -0.2) is 44.7 Å². The second-order valence-electron chi connectivity index (χ2n) is 10.9. The Bertz CT molecular complexity index is 1960. The van der Waals surface area contributed by atoms with Crippen molar-refractivity contribution in [2.45, 2.75) is 35.1 Å². The Morgan fingerprint density at radius 2 is 0.958 bits per heavy atom. The fraction of sp³-hybridized carbons (Fsp3) is 0.158. The topological polar surface area (TPSA) is 88.2 Å². The van der Waals surface area contributed by atoms with Gasteiger partial charge in [0.25, 0.3) is 0 Å². The Hall–Kier alpha value is -5.06. The molecule has 0 atom stereocenters. The number of benzene rings is 4. The lowest BCUT2D eigenvalue weighted by Crippen LogP contribution is -2.08. The normalized spacial score (nSPS) is 12.4. The highest BCUT2D eigenvalue weighted by Gasteiger charge is 2.31. The number of hydrogen-bond acceptors (Lipinski definition) is 8. The fourth-order valence-corrected chi connectivity index (χ4v) is 7.98. The van der Waals surface area contributed by atoms with Gasteiger partial charge in [-0.2, -0.15) is 10.2 Å². The molecule has 10 heteroatoms. The molecule has 0 aliphatic carbocycles. The number of para-hydroxylation sites is 2. The van der Waals surface area contributed by atoms with Crippen LogP contribution in [0.2, 0.25) is 0 Å². The van der Waals surface area contributed by atoms with Crippen LogP contribution in [0, 0.1) is 0 Å². The van der Waals surface area contributed by atoms with Crippen LogP contribution in [0.3, 0.4) is 0 Å². The van der Waals surface area contributed by atoms with Gasteiger partial charge >= 0.3 is 11.9 Å². The van der Waals surface area contributed by atoms with Crippen molar-refractivity contribution < 1.29 is 19.1 Å². The van der Waals surface area contributed by atoms with E-state index < -0.39 is 0 Å². The van der Waals surface area contributed by atoms with Gasteiger partial charge in [-0.25, -0.2) is 19.0 Å². The number of hydrogen-bond donors (Lipinski definition) is 0. The molecule has 0 fully saturated rings. The maximum absolute atomic E-state index is 12.4. The zero-order valence-corrected chi connectivity index (χ0v) is 28.1. The van der Waals surface area contributed by atoms with Crippen LogP contribution in [0.25, 0.3) is 33.9 Å². The number of carbonyl (C=O) groups excluding carboxylic acids is 2. The third-order valence-corrected chi connectivity index (χ3v) is 10.1. The Morgan fingerprint density at radius 1 is 0.583 bits per heavy atom. The predicted molar refractivity (Wildman–Crippen MR) is 189 cm³/mol. The summed E-state index contributed by atoms with van der Waals surface area (Å²) in [6.45, 7) is 4.30. The third kappa shape index (κ3) is 5.93. The van der Waals surface area contributed by atoms with E-state index in [1.54, 1.807) is 23.5 Å². The SMILES string of the molecule is CCOC(=O)c1nn(-c2ccccc2)c2c1CSc1ccccc1-2.CCOC(=O)c1nn(-c2ccccc2)c2c1CSc1ccccc1-2. The summed E-state index contributed by atoms with van der Waals surface area (Å²) in [5.74, 6) is 0.715. The predicted octanol–water partition coefficient (Wildman–Crippen LogP) is 8.64. The van der Waals surface area contributed by atoms with Gasteiger partial charge in [-0.15, -0.1) is 23.5 Å². The molecule has 2 aromatic heterocycles. The van der Waals surface area contributed by atoms with Gasteiger partial charge in [0.2, 0.25) is 0 Å². The lowest BCUT2D eigenvalue weighted by molar-refractivity contribution is 0.0508. The van der Waals surface area contributed by atoms with Crippen molar-refractivity contribution in [2.24, 2.45) is 0 Å². The van der Waals surface area contributed by atoms with Crippen LogP contribution in [0.4, 0.5) is 0 Å². The molecule has 0 bridgehead atoms. The minimum atomic E-state index is -0.358. The van der Waals surface area contributed by atoms with Crippen molar-refractivity contribution >= 4 is 35.5 Å². The molecule has 8 nitrogen and oxygen atoms in total. The Kier molecular flexibility index (Phi) is 9.18. The summed E-state index contributed by atoms with van der Waals surface area (Å²) in [7, 11) is 0. The molecule has 4 aromatic carbocycles. The number of nitrogens with zero attached hydrogens (tertiary/aromatic N) is 4. The van der Waals surface area contributed by atoms with Gasteiger partial charge in [-0.05, 0) is 50.2 Å². The fourth-order valence-electron chi connectivity index (χ4n) is 5.84. The standard InChI is InChI=1S/2C19H16N2O2S/c2*1-2-23-19(22)17-15-12-24-16-11-7-6-10-14(16)18(15)21(20-17)13-8-4-3-5-9-13/h2*3-11H,2,12H2,1H3. The van der Waals surface area contributed by atoms with E-state index in [2.05, 4.69) is 34.5 Å². The zero-order chi connectivity index (χ0) is 33.0. The van der Waals surface area contributed by atoms with E-state index in [-0.39, 0.29) is 11.9 Å². The molecule has 6 aromatic rings. The first-order valence-corrected chi connectivity index (χ1v) is 17.7. The second kappa shape index (κ2) is 14.0. The van der Waals surface area contributed by atoms with E-state index in [1.165, 1.54) is 9.79 Å². The van der Waals surface area contributed by atoms with E-state index in [1.807, 2.05) is 108 Å². The molecule has 0 saturated carbocycles. The van der Waals surface area contributed by atoms with Gasteiger partial charge < -0.3 is 9.47 Å². The number of thioether (sulfide) groups is 2. The lowest BCUT2D eigenvalue weighted by Gasteiger charge is -2.18. The minimum absolute atomic E-state index is 0.343. The van der Waals surface area contributed by atoms with E-state index in [9.17, 15) is 9.59 Å². The molecule has 0 amide bonds. The van der Waals surface area contributed by atoms with Crippen molar-refractivity contribution in [3.8, 4) is 33.9 Å². The summed E-state index contributed by atoms with van der Waals surface area (Å²) in [5.41, 5.74) is 8.78. The maximum Gasteiger partial charge on any atom is 0.359 e. The van der Waals surface area contributed by atoms with Crippen LogP contribution in [0.5, 0.6) is 0 Å². The Morgan fingerprint density at radius 3 is 1.35 bits per heavy atom. The summed E-state index contributed by atoms with van der Waals surface area (Å²) in [6.07, 6.45) is 0. The minimum Gasteiger partial charge on any atom is -0.461 e. The molecule has 0 N–H and O–H groups in total. The number of ether oxygens (including phenoxy) is 2.